The molecule has 1 fully saturated rings. The molecule has 1 saturated heterocycles. The lowest BCUT2D eigenvalue weighted by atomic mass is 10.2. The summed E-state index contributed by atoms with van der Waals surface area (Å²) in [5.41, 5.74) is 0. The van der Waals surface area contributed by atoms with Crippen LogP contribution in [-0.4, -0.2) is 41.0 Å². The van der Waals surface area contributed by atoms with Gasteiger partial charge in [0.05, 0.1) is 0 Å². The van der Waals surface area contributed by atoms with Crippen LogP contribution in [0, 0.1) is 0 Å². The standard InChI is InChI=1S/C14H17BrN4S/c1-18(14-2-4-16-10-17-14)12-3-5-19(7-12)8-13-6-11(15)9-20-13/h2,4,6,9-10,12H,3,5,7-8H2,1H3. The average molecular weight is 353 g/mol. The Morgan fingerprint density at radius 3 is 3.15 bits per heavy atom. The van der Waals surface area contributed by atoms with Crippen LogP contribution in [0.25, 0.3) is 0 Å². The van der Waals surface area contributed by atoms with E-state index in [1.165, 1.54) is 15.8 Å². The van der Waals surface area contributed by atoms with Gasteiger partial charge in [-0.15, -0.1) is 11.3 Å². The Bertz CT molecular complexity index is 559. The summed E-state index contributed by atoms with van der Waals surface area (Å²) in [6.07, 6.45) is 4.60. The Morgan fingerprint density at radius 2 is 2.45 bits per heavy atom. The summed E-state index contributed by atoms with van der Waals surface area (Å²) in [5, 5.41) is 2.15. The molecular formula is C14H17BrN4S. The maximum Gasteiger partial charge on any atom is 0.131 e. The van der Waals surface area contributed by atoms with Gasteiger partial charge in [-0.1, -0.05) is 0 Å². The maximum atomic E-state index is 4.33. The molecule has 1 aliphatic rings. The smallest absolute Gasteiger partial charge is 0.131 e. The Balaban J connectivity index is 1.59. The Hall–Kier alpha value is -0.980. The summed E-state index contributed by atoms with van der Waals surface area (Å²) in [6.45, 7) is 3.29. The lowest BCUT2D eigenvalue weighted by Gasteiger charge is -2.25. The number of hydrogen-bond acceptors (Lipinski definition) is 5. The molecule has 1 aliphatic heterocycles. The number of halogens is 1. The third-order valence-corrected chi connectivity index (χ3v) is 5.41. The minimum absolute atomic E-state index is 0.535. The molecule has 0 amide bonds. The van der Waals surface area contributed by atoms with Crippen LogP contribution < -0.4 is 4.90 Å². The molecule has 6 heteroatoms. The second-order valence-corrected chi connectivity index (χ2v) is 7.00. The monoisotopic (exact) mass is 352 g/mol. The largest absolute Gasteiger partial charge is 0.355 e. The Kier molecular flexibility index (Phi) is 4.33. The molecule has 0 aliphatic carbocycles. The van der Waals surface area contributed by atoms with Crippen LogP contribution in [-0.2, 0) is 6.54 Å². The fraction of sp³-hybridized carbons (Fsp3) is 0.429. The summed E-state index contributed by atoms with van der Waals surface area (Å²) in [7, 11) is 2.12. The molecule has 2 aromatic heterocycles. The van der Waals surface area contributed by atoms with E-state index in [4.69, 9.17) is 0 Å². The maximum absolute atomic E-state index is 4.33. The summed E-state index contributed by atoms with van der Waals surface area (Å²) in [5.74, 6) is 1.01. The topological polar surface area (TPSA) is 32.3 Å². The van der Waals surface area contributed by atoms with Gasteiger partial charge in [0.25, 0.3) is 0 Å². The highest BCUT2D eigenvalue weighted by atomic mass is 79.9. The van der Waals surface area contributed by atoms with E-state index in [1.54, 1.807) is 12.5 Å². The van der Waals surface area contributed by atoms with Gasteiger partial charge < -0.3 is 4.90 Å². The van der Waals surface area contributed by atoms with Crippen molar-refractivity contribution < 1.29 is 0 Å². The van der Waals surface area contributed by atoms with Crippen LogP contribution in [0.2, 0.25) is 0 Å². The van der Waals surface area contributed by atoms with E-state index in [-0.39, 0.29) is 0 Å². The molecule has 4 nitrogen and oxygen atoms in total. The second-order valence-electron chi connectivity index (χ2n) is 5.09. The molecule has 0 bridgehead atoms. The molecule has 106 valence electrons. The van der Waals surface area contributed by atoms with E-state index in [0.29, 0.717) is 6.04 Å². The van der Waals surface area contributed by atoms with Crippen molar-refractivity contribution in [2.45, 2.75) is 19.0 Å². The summed E-state index contributed by atoms with van der Waals surface area (Å²) in [4.78, 5) is 14.5. The zero-order valence-corrected chi connectivity index (χ0v) is 13.8. The first kappa shape index (κ1) is 14.0. The van der Waals surface area contributed by atoms with Gasteiger partial charge in [0.2, 0.25) is 0 Å². The average Bonchev–Trinajstić information content (AvgIpc) is 3.09. The van der Waals surface area contributed by atoms with Crippen molar-refractivity contribution in [3.8, 4) is 0 Å². The lowest BCUT2D eigenvalue weighted by molar-refractivity contribution is 0.328. The molecule has 3 heterocycles. The highest BCUT2D eigenvalue weighted by Gasteiger charge is 2.26. The van der Waals surface area contributed by atoms with Crippen LogP contribution in [0.4, 0.5) is 5.82 Å². The fourth-order valence-electron chi connectivity index (χ4n) is 2.61. The molecule has 0 radical (unpaired) electrons. The number of thiophene rings is 1. The molecule has 0 aromatic carbocycles. The number of nitrogens with zero attached hydrogens (tertiary/aromatic N) is 4. The molecule has 0 saturated carbocycles. The van der Waals surface area contributed by atoms with E-state index in [1.807, 2.05) is 17.4 Å². The highest BCUT2D eigenvalue weighted by Crippen LogP contribution is 2.24. The van der Waals surface area contributed by atoms with Gasteiger partial charge in [-0.05, 0) is 34.5 Å². The first-order valence-corrected chi connectivity index (χ1v) is 8.34. The van der Waals surface area contributed by atoms with Crippen molar-refractivity contribution >= 4 is 33.1 Å². The number of rotatable bonds is 4. The van der Waals surface area contributed by atoms with Crippen LogP contribution >= 0.6 is 27.3 Å². The Labute approximate surface area is 131 Å². The predicted molar refractivity (Wildman–Crippen MR) is 86.1 cm³/mol. The van der Waals surface area contributed by atoms with Crippen molar-refractivity contribution in [3.05, 3.63) is 39.4 Å². The van der Waals surface area contributed by atoms with Crippen molar-refractivity contribution in [2.75, 3.05) is 25.0 Å². The predicted octanol–water partition coefficient (Wildman–Crippen LogP) is 3.01. The SMILES string of the molecule is CN(c1ccncn1)C1CCN(Cc2cc(Br)cs2)C1. The summed E-state index contributed by atoms with van der Waals surface area (Å²) in [6, 6.07) is 4.72. The minimum Gasteiger partial charge on any atom is -0.355 e. The van der Waals surface area contributed by atoms with Crippen molar-refractivity contribution in [2.24, 2.45) is 0 Å². The summed E-state index contributed by atoms with van der Waals surface area (Å²) >= 11 is 5.34. The zero-order chi connectivity index (χ0) is 13.9. The van der Waals surface area contributed by atoms with Gasteiger partial charge in [0.15, 0.2) is 0 Å². The van der Waals surface area contributed by atoms with Crippen molar-refractivity contribution in [1.82, 2.24) is 14.9 Å². The number of likely N-dealkylation sites (tertiary alicyclic amines) is 1. The molecule has 0 N–H and O–H groups in total. The molecule has 2 aromatic rings. The van der Waals surface area contributed by atoms with Gasteiger partial charge in [0.1, 0.15) is 12.1 Å². The van der Waals surface area contributed by atoms with Crippen molar-refractivity contribution in [3.63, 3.8) is 0 Å². The molecule has 1 unspecified atom stereocenters. The van der Waals surface area contributed by atoms with Gasteiger partial charge in [-0.2, -0.15) is 0 Å². The molecule has 0 spiro atoms. The third-order valence-electron chi connectivity index (χ3n) is 3.72. The molecule has 1 atom stereocenters. The van der Waals surface area contributed by atoms with Crippen LogP contribution in [0.3, 0.4) is 0 Å². The first-order chi connectivity index (χ1) is 9.72. The van der Waals surface area contributed by atoms with E-state index in [9.17, 15) is 0 Å². The minimum atomic E-state index is 0.535. The van der Waals surface area contributed by atoms with Crippen LogP contribution in [0.5, 0.6) is 0 Å². The fourth-order valence-corrected chi connectivity index (χ4v) is 4.10. The summed E-state index contributed by atoms with van der Waals surface area (Å²) < 4.78 is 1.19. The van der Waals surface area contributed by atoms with Gasteiger partial charge in [0, 0.05) is 53.7 Å². The van der Waals surface area contributed by atoms with E-state index >= 15 is 0 Å². The number of hydrogen-bond donors (Lipinski definition) is 0. The van der Waals surface area contributed by atoms with Crippen molar-refractivity contribution in [1.29, 1.82) is 0 Å². The number of likely N-dealkylation sites (N-methyl/N-ethyl adjacent to an activating group) is 1. The number of anilines is 1. The van der Waals surface area contributed by atoms with Gasteiger partial charge in [-0.25, -0.2) is 9.97 Å². The quantitative estimate of drug-likeness (QED) is 0.846. The van der Waals surface area contributed by atoms with E-state index in [0.717, 1.165) is 25.5 Å². The first-order valence-electron chi connectivity index (χ1n) is 6.66. The normalized spacial score (nSPS) is 19.4. The highest BCUT2D eigenvalue weighted by molar-refractivity contribution is 9.10. The second kappa shape index (κ2) is 6.20. The van der Waals surface area contributed by atoms with Crippen LogP contribution in [0.1, 0.15) is 11.3 Å². The third kappa shape index (κ3) is 3.19. The van der Waals surface area contributed by atoms with Crippen LogP contribution in [0.15, 0.2) is 34.5 Å². The lowest BCUT2D eigenvalue weighted by Crippen LogP contribution is -2.34. The van der Waals surface area contributed by atoms with E-state index in [2.05, 4.69) is 54.2 Å². The molecule has 20 heavy (non-hydrogen) atoms. The Morgan fingerprint density at radius 1 is 1.55 bits per heavy atom. The molecular weight excluding hydrogens is 336 g/mol. The number of aromatic nitrogens is 2. The van der Waals surface area contributed by atoms with Gasteiger partial charge >= 0.3 is 0 Å². The van der Waals surface area contributed by atoms with Gasteiger partial charge in [-0.3, -0.25) is 4.90 Å². The van der Waals surface area contributed by atoms with E-state index < -0.39 is 0 Å². The molecule has 3 rings (SSSR count). The zero-order valence-electron chi connectivity index (χ0n) is 11.4.